The van der Waals surface area contributed by atoms with Crippen LogP contribution in [0.2, 0.25) is 0 Å². The maximum atomic E-state index is 13.0. The van der Waals surface area contributed by atoms with E-state index >= 15 is 0 Å². The molecule has 85 heavy (non-hydrogen) atoms. The summed E-state index contributed by atoms with van der Waals surface area (Å²) >= 11 is 5.58. The third-order valence-corrected chi connectivity index (χ3v) is 11.5. The number of carboxylic acid groups (broad SMARTS) is 1. The molecule has 0 saturated carbocycles. The summed E-state index contributed by atoms with van der Waals surface area (Å²) in [6.07, 6.45) is 0.525. The number of aromatic amines is 1. The van der Waals surface area contributed by atoms with Gasteiger partial charge in [0.2, 0.25) is 0 Å². The molecule has 0 spiro atoms. The zero-order chi connectivity index (χ0) is 62.4. The molecule has 0 aliphatic carbocycles. The number of methoxy groups -OCH3 is 4. The van der Waals surface area contributed by atoms with Gasteiger partial charge in [-0.1, -0.05) is 48.5 Å². The molecular weight excluding hydrogens is 1140 g/mol. The van der Waals surface area contributed by atoms with E-state index in [1.165, 1.54) is 39.7 Å². The van der Waals surface area contributed by atoms with Crippen LogP contribution in [0.15, 0.2) is 122 Å². The van der Waals surface area contributed by atoms with E-state index in [1.54, 1.807) is 90.6 Å². The third-order valence-electron chi connectivity index (χ3n) is 11.2. The molecule has 0 bridgehead atoms. The highest BCUT2D eigenvalue weighted by molar-refractivity contribution is 6.17. The molecule has 0 unspecified atom stereocenters. The summed E-state index contributed by atoms with van der Waals surface area (Å²) in [7, 11) is 6.35. The molecule has 0 aliphatic heterocycles. The minimum Gasteiger partial charge on any atom is -0.497 e. The first-order valence-electron chi connectivity index (χ1n) is 25.4. The van der Waals surface area contributed by atoms with Gasteiger partial charge in [-0.25, -0.2) is 36.7 Å². The molecule has 452 valence electrons. The van der Waals surface area contributed by atoms with Crippen molar-refractivity contribution in [1.29, 1.82) is 0 Å². The SMILES string of the molecule is CCOC(=O)c1[nH]ncc1C=O.CCOC(=O)c1nn(Cc2ccc(OC)cc2)cc1C(F)F.CCOC(=O)c1nn(Cc2ccc(OC)cc2)cc1C=O.COc1ccc(CCl)cc1.COc1ccc(Cn2cc(C(F)F)c(C(=O)O)n2)cc1. The number of alkyl halides is 5. The molecular formula is C58H61ClF4N8O14. The summed E-state index contributed by atoms with van der Waals surface area (Å²) in [6, 6.07) is 29.3. The average Bonchev–Trinajstić information content (AvgIpc) is 4.14. The molecule has 8 rings (SSSR count). The van der Waals surface area contributed by atoms with Crippen molar-refractivity contribution in [3.63, 3.8) is 0 Å². The van der Waals surface area contributed by atoms with Crippen molar-refractivity contribution in [2.24, 2.45) is 0 Å². The molecule has 0 radical (unpaired) electrons. The lowest BCUT2D eigenvalue weighted by atomic mass is 10.2. The Morgan fingerprint density at radius 2 is 0.859 bits per heavy atom. The van der Waals surface area contributed by atoms with Crippen LogP contribution in [0.5, 0.6) is 23.0 Å². The molecule has 4 aromatic heterocycles. The zero-order valence-corrected chi connectivity index (χ0v) is 47.8. The number of rotatable bonds is 22. The van der Waals surface area contributed by atoms with Gasteiger partial charge in [-0.05, 0) is 91.6 Å². The molecule has 8 aromatic rings. The number of aldehydes is 2. The molecule has 0 amide bonds. The number of H-pyrrole nitrogens is 1. The smallest absolute Gasteiger partial charge is 0.359 e. The first kappa shape index (κ1) is 67.7. The van der Waals surface area contributed by atoms with Crippen LogP contribution in [-0.4, -0.2) is 129 Å². The first-order chi connectivity index (χ1) is 40.9. The fourth-order valence-electron chi connectivity index (χ4n) is 7.06. The van der Waals surface area contributed by atoms with Gasteiger partial charge in [0.25, 0.3) is 12.9 Å². The largest absolute Gasteiger partial charge is 0.497 e. The van der Waals surface area contributed by atoms with Crippen LogP contribution in [-0.2, 0) is 39.7 Å². The van der Waals surface area contributed by atoms with Crippen molar-refractivity contribution in [3.05, 3.63) is 189 Å². The summed E-state index contributed by atoms with van der Waals surface area (Å²) in [5, 5.41) is 26.5. The molecule has 27 heteroatoms. The normalized spacial score (nSPS) is 10.3. The number of hydrogen-bond donors (Lipinski definition) is 2. The molecule has 0 atom stereocenters. The second-order valence-corrected chi connectivity index (χ2v) is 17.2. The number of esters is 3. The van der Waals surface area contributed by atoms with Crippen LogP contribution < -0.4 is 18.9 Å². The van der Waals surface area contributed by atoms with Crippen molar-refractivity contribution >= 4 is 48.1 Å². The van der Waals surface area contributed by atoms with Gasteiger partial charge in [0.1, 0.15) is 23.0 Å². The van der Waals surface area contributed by atoms with E-state index in [9.17, 15) is 46.3 Å². The van der Waals surface area contributed by atoms with Gasteiger partial charge in [-0.3, -0.25) is 28.7 Å². The second-order valence-electron chi connectivity index (χ2n) is 16.9. The van der Waals surface area contributed by atoms with E-state index < -0.39 is 53.5 Å². The van der Waals surface area contributed by atoms with E-state index in [0.29, 0.717) is 36.5 Å². The molecule has 4 heterocycles. The lowest BCUT2D eigenvalue weighted by molar-refractivity contribution is 0.0502. The summed E-state index contributed by atoms with van der Waals surface area (Å²) in [6.45, 7) is 6.53. The molecule has 0 saturated heterocycles. The summed E-state index contributed by atoms with van der Waals surface area (Å²) in [5.41, 5.74) is 2.36. The molecule has 2 N–H and O–H groups in total. The van der Waals surface area contributed by atoms with Crippen molar-refractivity contribution in [3.8, 4) is 23.0 Å². The van der Waals surface area contributed by atoms with Crippen LogP contribution in [0.3, 0.4) is 0 Å². The van der Waals surface area contributed by atoms with Crippen molar-refractivity contribution < 1.29 is 84.6 Å². The number of carbonyl (C=O) groups is 6. The van der Waals surface area contributed by atoms with Gasteiger partial charge in [0, 0.05) is 24.5 Å². The van der Waals surface area contributed by atoms with E-state index in [4.69, 9.17) is 45.1 Å². The van der Waals surface area contributed by atoms with Gasteiger partial charge in [-0.2, -0.15) is 20.4 Å². The molecule has 4 aromatic carbocycles. The maximum Gasteiger partial charge on any atom is 0.359 e. The Morgan fingerprint density at radius 1 is 0.518 bits per heavy atom. The number of hydrogen-bond acceptors (Lipinski definition) is 17. The van der Waals surface area contributed by atoms with E-state index in [1.807, 2.05) is 48.5 Å². The molecule has 22 nitrogen and oxygen atoms in total. The topological polar surface area (TPSA) is 269 Å². The second kappa shape index (κ2) is 35.2. The Balaban J connectivity index is 0.000000234. The highest BCUT2D eigenvalue weighted by atomic mass is 35.5. The molecule has 0 fully saturated rings. The van der Waals surface area contributed by atoms with E-state index in [-0.39, 0.29) is 61.1 Å². The van der Waals surface area contributed by atoms with Gasteiger partial charge in [-0.15, -0.1) is 11.6 Å². The number of ether oxygens (including phenoxy) is 7. The Hall–Kier alpha value is -9.85. The number of nitrogens with zero attached hydrogens (tertiary/aromatic N) is 7. The number of nitrogens with one attached hydrogen (secondary N) is 1. The van der Waals surface area contributed by atoms with Crippen LogP contribution in [0.25, 0.3) is 0 Å². The lowest BCUT2D eigenvalue weighted by Crippen LogP contribution is -2.09. The highest BCUT2D eigenvalue weighted by Crippen LogP contribution is 2.25. The Bertz CT molecular complexity index is 3350. The summed E-state index contributed by atoms with van der Waals surface area (Å²) in [5.74, 6) is 0.113. The van der Waals surface area contributed by atoms with Crippen LogP contribution in [0.1, 0.15) is 130 Å². The number of carboxylic acids is 1. The highest BCUT2D eigenvalue weighted by Gasteiger charge is 2.25. The van der Waals surface area contributed by atoms with Crippen molar-refractivity contribution in [1.82, 2.24) is 39.5 Å². The summed E-state index contributed by atoms with van der Waals surface area (Å²) in [4.78, 5) is 66.6. The Labute approximate surface area is 490 Å². The zero-order valence-electron chi connectivity index (χ0n) is 47.1. The predicted octanol–water partition coefficient (Wildman–Crippen LogP) is 10.4. The first-order valence-corrected chi connectivity index (χ1v) is 26.0. The van der Waals surface area contributed by atoms with Gasteiger partial charge in [0.05, 0.1) is 96.3 Å². The fourth-order valence-corrected chi connectivity index (χ4v) is 7.24. The van der Waals surface area contributed by atoms with E-state index in [0.717, 1.165) is 39.9 Å². The number of aromatic nitrogens is 8. The van der Waals surface area contributed by atoms with Gasteiger partial charge >= 0.3 is 23.9 Å². The number of benzene rings is 4. The standard InChI is InChI=1S/C15H16F2N2O3.C15H16N2O4.C13H12F2N2O3.C8H9ClO.C7H8N2O3/c1-3-22-15(20)13-12(14(16)17)9-19(18-13)8-10-4-6-11(21-2)7-5-10;1-3-21-15(19)14-12(10-18)9-17(16-14)8-11-4-6-13(20-2)7-5-11;1-20-9-4-2-8(3-5-9)6-17-7-10(12(14)15)11(16-17)13(18)19;1-10-8-4-2-7(6-9)3-5-8;1-2-12-7(11)6-5(4-10)3-8-9-6/h4-7,9,14H,3,8H2,1-2H3;4-7,9-10H,3,8H2,1-2H3;2-5,7,12H,6H2,1H3,(H,18,19);2-5H,6H2,1H3;3-4H,2H2,1H3,(H,8,9). The fraction of sp³-hybridized carbons (Fsp3) is 0.276. The van der Waals surface area contributed by atoms with Gasteiger partial charge < -0.3 is 38.3 Å². The number of aromatic carboxylic acids is 1. The minimum atomic E-state index is -2.87. The monoisotopic (exact) mass is 1200 g/mol. The predicted molar refractivity (Wildman–Crippen MR) is 300 cm³/mol. The van der Waals surface area contributed by atoms with Crippen molar-refractivity contribution in [2.75, 3.05) is 48.3 Å². The third kappa shape index (κ3) is 21.1. The Morgan fingerprint density at radius 3 is 1.20 bits per heavy atom. The quantitative estimate of drug-likeness (QED) is 0.0210. The number of carbonyl (C=O) groups excluding carboxylic acids is 5. The lowest BCUT2D eigenvalue weighted by Gasteiger charge is -2.03. The number of halogens is 5. The maximum absolute atomic E-state index is 13.0. The van der Waals surface area contributed by atoms with Crippen LogP contribution in [0, 0.1) is 0 Å². The van der Waals surface area contributed by atoms with E-state index in [2.05, 4.69) is 30.2 Å². The van der Waals surface area contributed by atoms with Crippen molar-refractivity contribution in [2.45, 2.75) is 59.1 Å². The summed E-state index contributed by atoms with van der Waals surface area (Å²) < 4.78 is 89.8. The average molecular weight is 1210 g/mol. The van der Waals surface area contributed by atoms with Gasteiger partial charge in [0.15, 0.2) is 35.3 Å². The Kier molecular flexibility index (Phi) is 28.0. The minimum absolute atomic E-state index is 0.0420. The van der Waals surface area contributed by atoms with Crippen LogP contribution in [0.4, 0.5) is 17.6 Å². The van der Waals surface area contributed by atoms with Crippen LogP contribution >= 0.6 is 11.6 Å². The molecule has 0 aliphatic rings.